The molecule has 1 atom stereocenters. The lowest BCUT2D eigenvalue weighted by molar-refractivity contribution is -0.148. The van der Waals surface area contributed by atoms with Crippen molar-refractivity contribution in [2.45, 2.75) is 31.0 Å². The molecule has 1 fully saturated rings. The second kappa shape index (κ2) is 6.82. The molecule has 0 unspecified atom stereocenters. The van der Waals surface area contributed by atoms with Crippen molar-refractivity contribution >= 4 is 17.3 Å². The van der Waals surface area contributed by atoms with Crippen molar-refractivity contribution in [3.8, 4) is 17.2 Å². The first-order chi connectivity index (χ1) is 14.0. The molecule has 0 amide bonds. The molecule has 5 rings (SSSR count). The summed E-state index contributed by atoms with van der Waals surface area (Å²) in [6.07, 6.45) is 2.36. The first kappa shape index (κ1) is 18.6. The maximum absolute atomic E-state index is 10.4. The number of likely N-dealkylation sites (tertiary alicyclic amines) is 1. The quantitative estimate of drug-likeness (QED) is 0.805. The Morgan fingerprint density at radius 1 is 1.24 bits per heavy atom. The number of hydrazone groups is 1. The molecule has 0 bridgehead atoms. The molecular weight excluding hydrogens is 390 g/mol. The van der Waals surface area contributed by atoms with Gasteiger partial charge in [0, 0.05) is 48.5 Å². The molecular formula is C22H24ClN3O3. The van der Waals surface area contributed by atoms with Crippen molar-refractivity contribution in [3.05, 3.63) is 52.5 Å². The van der Waals surface area contributed by atoms with Crippen molar-refractivity contribution in [1.82, 2.24) is 9.91 Å². The van der Waals surface area contributed by atoms with E-state index in [0.29, 0.717) is 17.0 Å². The Hall–Kier alpha value is -2.44. The maximum Gasteiger partial charge on any atom is 0.200 e. The molecule has 1 N–H and O–H groups in total. The Kier molecular flexibility index (Phi) is 4.37. The first-order valence-corrected chi connectivity index (χ1v) is 10.3. The van der Waals surface area contributed by atoms with E-state index < -0.39 is 5.72 Å². The lowest BCUT2D eigenvalue weighted by Crippen LogP contribution is -2.58. The number of phenols is 1. The van der Waals surface area contributed by atoms with Crippen LogP contribution in [-0.4, -0.2) is 53.7 Å². The van der Waals surface area contributed by atoms with E-state index in [9.17, 15) is 5.11 Å². The van der Waals surface area contributed by atoms with Gasteiger partial charge in [-0.05, 0) is 31.3 Å². The lowest BCUT2D eigenvalue weighted by atomic mass is 9.90. The molecule has 1 saturated heterocycles. The van der Waals surface area contributed by atoms with Gasteiger partial charge < -0.3 is 19.5 Å². The van der Waals surface area contributed by atoms with Gasteiger partial charge in [0.15, 0.2) is 11.5 Å². The number of phenolic OH excluding ortho intramolecular Hbond substituents is 1. The lowest BCUT2D eigenvalue weighted by Gasteiger charge is -2.50. The van der Waals surface area contributed by atoms with E-state index in [-0.39, 0.29) is 11.8 Å². The van der Waals surface area contributed by atoms with Crippen LogP contribution >= 0.6 is 11.6 Å². The fraction of sp³-hybridized carbons (Fsp3) is 0.409. The number of fused-ring (bicyclic) bond motifs is 4. The monoisotopic (exact) mass is 413 g/mol. The molecule has 2 aromatic carbocycles. The summed E-state index contributed by atoms with van der Waals surface area (Å²) in [6.45, 7) is 1.86. The number of ether oxygens (including phenoxy) is 2. The zero-order valence-electron chi connectivity index (χ0n) is 16.6. The van der Waals surface area contributed by atoms with Crippen molar-refractivity contribution in [2.75, 3.05) is 27.2 Å². The largest absolute Gasteiger partial charge is 0.507 e. The molecule has 3 aliphatic rings. The predicted molar refractivity (Wildman–Crippen MR) is 112 cm³/mol. The zero-order chi connectivity index (χ0) is 20.2. The van der Waals surface area contributed by atoms with Crippen molar-refractivity contribution in [1.29, 1.82) is 0 Å². The number of para-hydroxylation sites is 1. The minimum absolute atomic E-state index is 0.0330. The fourth-order valence-electron chi connectivity index (χ4n) is 4.63. The van der Waals surface area contributed by atoms with Crippen LogP contribution in [-0.2, 0) is 0 Å². The van der Waals surface area contributed by atoms with Crippen LogP contribution in [0.15, 0.2) is 41.5 Å². The Morgan fingerprint density at radius 3 is 2.79 bits per heavy atom. The van der Waals surface area contributed by atoms with Crippen molar-refractivity contribution in [2.24, 2.45) is 5.10 Å². The molecule has 6 nitrogen and oxygen atoms in total. The van der Waals surface area contributed by atoms with E-state index in [4.69, 9.17) is 26.2 Å². The average Bonchev–Trinajstić information content (AvgIpc) is 3.18. The Labute approximate surface area is 175 Å². The highest BCUT2D eigenvalue weighted by atomic mass is 35.5. The van der Waals surface area contributed by atoms with Gasteiger partial charge in [-0.2, -0.15) is 5.10 Å². The number of hydrogen-bond acceptors (Lipinski definition) is 6. The summed E-state index contributed by atoms with van der Waals surface area (Å²) < 4.78 is 12.3. The summed E-state index contributed by atoms with van der Waals surface area (Å²) in [4.78, 5) is 2.31. The van der Waals surface area contributed by atoms with E-state index in [2.05, 4.69) is 23.0 Å². The molecule has 0 radical (unpaired) electrons. The van der Waals surface area contributed by atoms with E-state index in [0.717, 1.165) is 48.7 Å². The summed E-state index contributed by atoms with van der Waals surface area (Å²) in [5.74, 6) is 1.75. The van der Waals surface area contributed by atoms with Crippen LogP contribution in [0.3, 0.4) is 0 Å². The topological polar surface area (TPSA) is 57.5 Å². The van der Waals surface area contributed by atoms with Gasteiger partial charge in [-0.1, -0.05) is 23.7 Å². The van der Waals surface area contributed by atoms with Gasteiger partial charge in [0.1, 0.15) is 5.75 Å². The summed E-state index contributed by atoms with van der Waals surface area (Å²) in [5.41, 5.74) is 2.05. The standard InChI is InChI=1S/C22H24ClN3O3/c1-25-10-8-22(9-11-25)26-18(15-4-3-5-20(28-2)21(15)29-22)13-17(24-26)16-12-14(23)6-7-19(16)27/h3-7,12,18,27H,8-11,13H2,1-2H3/t18-/m1/s1. The Bertz CT molecular complexity index is 985. The Morgan fingerprint density at radius 2 is 2.03 bits per heavy atom. The van der Waals surface area contributed by atoms with Gasteiger partial charge in [-0.15, -0.1) is 0 Å². The molecule has 7 heteroatoms. The number of hydrogen-bond donors (Lipinski definition) is 1. The van der Waals surface area contributed by atoms with Gasteiger partial charge in [0.05, 0.1) is 18.9 Å². The van der Waals surface area contributed by atoms with Crippen LogP contribution in [0.5, 0.6) is 17.2 Å². The van der Waals surface area contributed by atoms with Gasteiger partial charge >= 0.3 is 0 Å². The third-order valence-electron chi connectivity index (χ3n) is 6.25. The number of piperidine rings is 1. The van der Waals surface area contributed by atoms with Crippen LogP contribution < -0.4 is 9.47 Å². The Balaban J connectivity index is 1.63. The maximum atomic E-state index is 10.4. The minimum atomic E-state index is -0.519. The van der Waals surface area contributed by atoms with Gasteiger partial charge in [-0.25, -0.2) is 5.01 Å². The van der Waals surface area contributed by atoms with E-state index in [1.54, 1.807) is 25.3 Å². The minimum Gasteiger partial charge on any atom is -0.507 e. The highest BCUT2D eigenvalue weighted by Gasteiger charge is 2.52. The third kappa shape index (κ3) is 2.93. The average molecular weight is 414 g/mol. The molecule has 0 saturated carbocycles. The smallest absolute Gasteiger partial charge is 0.200 e. The molecule has 0 aromatic heterocycles. The molecule has 152 valence electrons. The second-order valence-electron chi connectivity index (χ2n) is 8.00. The number of methoxy groups -OCH3 is 1. The predicted octanol–water partition coefficient (Wildman–Crippen LogP) is 4.02. The molecule has 1 spiro atoms. The normalized spacial score (nSPS) is 22.7. The second-order valence-corrected chi connectivity index (χ2v) is 8.44. The van der Waals surface area contributed by atoms with Crippen LogP contribution in [0.1, 0.15) is 36.4 Å². The summed E-state index contributed by atoms with van der Waals surface area (Å²) in [7, 11) is 3.80. The molecule has 0 aliphatic carbocycles. The number of benzene rings is 2. The van der Waals surface area contributed by atoms with Crippen molar-refractivity contribution < 1.29 is 14.6 Å². The van der Waals surface area contributed by atoms with Gasteiger partial charge in [0.2, 0.25) is 5.72 Å². The van der Waals surface area contributed by atoms with Crippen LogP contribution in [0, 0.1) is 0 Å². The summed E-state index contributed by atoms with van der Waals surface area (Å²) in [5, 5.41) is 18.1. The van der Waals surface area contributed by atoms with Crippen LogP contribution in [0.25, 0.3) is 0 Å². The number of rotatable bonds is 2. The molecule has 3 heterocycles. The highest BCUT2D eigenvalue weighted by molar-refractivity contribution is 6.31. The van der Waals surface area contributed by atoms with Gasteiger partial charge in [-0.3, -0.25) is 0 Å². The number of aromatic hydroxyl groups is 1. The molecule has 3 aliphatic heterocycles. The van der Waals surface area contributed by atoms with E-state index in [1.807, 2.05) is 12.1 Å². The van der Waals surface area contributed by atoms with Crippen LogP contribution in [0.2, 0.25) is 5.02 Å². The zero-order valence-corrected chi connectivity index (χ0v) is 17.3. The van der Waals surface area contributed by atoms with Crippen molar-refractivity contribution in [3.63, 3.8) is 0 Å². The fourth-order valence-corrected chi connectivity index (χ4v) is 4.80. The SMILES string of the molecule is COc1cccc2c1OC1(CCN(C)CC1)N1N=C(c3cc(Cl)ccc3O)C[C@H]21. The third-order valence-corrected chi connectivity index (χ3v) is 6.48. The first-order valence-electron chi connectivity index (χ1n) is 9.91. The summed E-state index contributed by atoms with van der Waals surface area (Å²) in [6, 6.07) is 11.1. The van der Waals surface area contributed by atoms with Crippen LogP contribution in [0.4, 0.5) is 0 Å². The highest BCUT2D eigenvalue weighted by Crippen LogP contribution is 2.53. The number of nitrogens with zero attached hydrogens (tertiary/aromatic N) is 3. The van der Waals surface area contributed by atoms with Gasteiger partial charge in [0.25, 0.3) is 0 Å². The molecule has 29 heavy (non-hydrogen) atoms. The number of halogens is 1. The molecule has 2 aromatic rings. The van der Waals surface area contributed by atoms with E-state index in [1.165, 1.54) is 0 Å². The van der Waals surface area contributed by atoms with E-state index >= 15 is 0 Å². The summed E-state index contributed by atoms with van der Waals surface area (Å²) >= 11 is 6.20.